The van der Waals surface area contributed by atoms with Crippen molar-refractivity contribution in [3.63, 3.8) is 0 Å². The summed E-state index contributed by atoms with van der Waals surface area (Å²) in [6, 6.07) is 4.58. The first-order valence-electron chi connectivity index (χ1n) is 6.33. The molecule has 0 spiro atoms. The summed E-state index contributed by atoms with van der Waals surface area (Å²) in [6.07, 6.45) is 2.36. The van der Waals surface area contributed by atoms with E-state index in [1.165, 1.54) is 4.31 Å². The van der Waals surface area contributed by atoms with Crippen LogP contribution in [0.4, 0.5) is 5.69 Å². The molecule has 1 aliphatic rings. The molecule has 0 aliphatic carbocycles. The second-order valence-electron chi connectivity index (χ2n) is 4.98. The number of carbonyl (C=O) groups excluding carboxylic acids is 1. The Morgan fingerprint density at radius 3 is 2.75 bits per heavy atom. The molecular weight excluding hydrogens is 300 g/mol. The highest BCUT2D eigenvalue weighted by Gasteiger charge is 2.36. The fourth-order valence-electron chi connectivity index (χ4n) is 2.30. The van der Waals surface area contributed by atoms with Gasteiger partial charge in [-0.25, -0.2) is 8.42 Å². The summed E-state index contributed by atoms with van der Waals surface area (Å²) in [4.78, 5) is 12.2. The third kappa shape index (κ3) is 3.31. The van der Waals surface area contributed by atoms with E-state index in [2.05, 4.69) is 5.32 Å². The normalized spacial score (nSPS) is 20.1. The van der Waals surface area contributed by atoms with Crippen molar-refractivity contribution in [2.24, 2.45) is 0 Å². The molecule has 7 heteroatoms. The highest BCUT2D eigenvalue weighted by molar-refractivity contribution is 7.88. The summed E-state index contributed by atoms with van der Waals surface area (Å²) in [5, 5.41) is 3.29. The lowest BCUT2D eigenvalue weighted by Gasteiger charge is -2.21. The Kier molecular flexibility index (Phi) is 4.36. The molecule has 20 heavy (non-hydrogen) atoms. The average molecular weight is 317 g/mol. The summed E-state index contributed by atoms with van der Waals surface area (Å²) in [5.74, 6) is -0.312. The quantitative estimate of drug-likeness (QED) is 0.927. The van der Waals surface area contributed by atoms with Crippen LogP contribution in [0.2, 0.25) is 5.02 Å². The van der Waals surface area contributed by atoms with Crippen LogP contribution in [0.25, 0.3) is 0 Å². The maximum absolute atomic E-state index is 12.2. The molecule has 1 N–H and O–H groups in total. The van der Waals surface area contributed by atoms with Crippen LogP contribution in [-0.2, 0) is 14.8 Å². The van der Waals surface area contributed by atoms with Crippen LogP contribution >= 0.6 is 11.6 Å². The highest BCUT2D eigenvalue weighted by Crippen LogP contribution is 2.24. The van der Waals surface area contributed by atoms with Gasteiger partial charge in [-0.2, -0.15) is 4.31 Å². The molecule has 1 aromatic carbocycles. The number of hydrogen-bond donors (Lipinski definition) is 1. The molecular formula is C13H17ClN2O3S. The van der Waals surface area contributed by atoms with Crippen LogP contribution in [-0.4, -0.2) is 37.5 Å². The number of aryl methyl sites for hydroxylation is 1. The van der Waals surface area contributed by atoms with E-state index in [9.17, 15) is 13.2 Å². The van der Waals surface area contributed by atoms with Crippen LogP contribution in [0.1, 0.15) is 18.4 Å². The molecule has 0 bridgehead atoms. The van der Waals surface area contributed by atoms with Gasteiger partial charge in [0.25, 0.3) is 0 Å². The minimum Gasteiger partial charge on any atom is -0.325 e. The van der Waals surface area contributed by atoms with Crippen molar-refractivity contribution in [3.05, 3.63) is 28.8 Å². The van der Waals surface area contributed by atoms with E-state index in [0.717, 1.165) is 11.8 Å². The molecule has 0 aromatic heterocycles. The molecule has 1 saturated heterocycles. The van der Waals surface area contributed by atoms with Crippen LogP contribution in [0.15, 0.2) is 18.2 Å². The molecule has 0 unspecified atom stereocenters. The number of anilines is 1. The highest BCUT2D eigenvalue weighted by atomic mass is 35.5. The van der Waals surface area contributed by atoms with Crippen molar-refractivity contribution in [3.8, 4) is 0 Å². The Morgan fingerprint density at radius 1 is 1.45 bits per heavy atom. The molecule has 0 saturated carbocycles. The summed E-state index contributed by atoms with van der Waals surface area (Å²) in [7, 11) is -3.36. The Balaban J connectivity index is 2.13. The Hall–Kier alpha value is -1.11. The van der Waals surface area contributed by atoms with E-state index in [0.29, 0.717) is 30.1 Å². The molecule has 1 atom stereocenters. The average Bonchev–Trinajstić information content (AvgIpc) is 2.83. The van der Waals surface area contributed by atoms with E-state index in [1.54, 1.807) is 18.2 Å². The summed E-state index contributed by atoms with van der Waals surface area (Å²) in [5.41, 5.74) is 1.49. The number of nitrogens with zero attached hydrogens (tertiary/aromatic N) is 1. The maximum atomic E-state index is 12.2. The van der Waals surface area contributed by atoms with Crippen molar-refractivity contribution in [1.82, 2.24) is 4.31 Å². The van der Waals surface area contributed by atoms with Gasteiger partial charge in [-0.05, 0) is 37.5 Å². The minimum absolute atomic E-state index is 0.312. The van der Waals surface area contributed by atoms with E-state index in [4.69, 9.17) is 11.6 Å². The number of benzene rings is 1. The monoisotopic (exact) mass is 316 g/mol. The van der Waals surface area contributed by atoms with Gasteiger partial charge in [0.15, 0.2) is 0 Å². The third-order valence-corrected chi connectivity index (χ3v) is 5.07. The molecule has 1 fully saturated rings. The van der Waals surface area contributed by atoms with E-state index in [-0.39, 0.29) is 5.91 Å². The second-order valence-corrected chi connectivity index (χ2v) is 7.33. The van der Waals surface area contributed by atoms with Crippen LogP contribution < -0.4 is 5.32 Å². The number of sulfonamides is 1. The first-order chi connectivity index (χ1) is 9.29. The molecule has 2 rings (SSSR count). The van der Waals surface area contributed by atoms with E-state index < -0.39 is 16.1 Å². The molecule has 1 amide bonds. The van der Waals surface area contributed by atoms with Gasteiger partial charge < -0.3 is 5.32 Å². The SMILES string of the molecule is Cc1ccc(NC(=O)[C@@H]2CCCN2S(C)(=O)=O)cc1Cl. The van der Waals surface area contributed by atoms with Gasteiger partial charge in [0.1, 0.15) is 6.04 Å². The standard InChI is InChI=1S/C13H17ClN2O3S/c1-9-5-6-10(8-11(9)14)15-13(17)12-4-3-7-16(12)20(2,18)19/h5-6,8,12H,3-4,7H2,1-2H3,(H,15,17)/t12-/m0/s1. The first kappa shape index (κ1) is 15.3. The predicted molar refractivity (Wildman–Crippen MR) is 79.4 cm³/mol. The minimum atomic E-state index is -3.36. The zero-order valence-corrected chi connectivity index (χ0v) is 13.0. The molecule has 1 heterocycles. The smallest absolute Gasteiger partial charge is 0.242 e. The lowest BCUT2D eigenvalue weighted by Crippen LogP contribution is -2.42. The summed E-state index contributed by atoms with van der Waals surface area (Å²) in [6.45, 7) is 2.27. The van der Waals surface area contributed by atoms with E-state index in [1.807, 2.05) is 6.92 Å². The van der Waals surface area contributed by atoms with Crippen LogP contribution in [0, 0.1) is 6.92 Å². The molecule has 0 radical (unpaired) electrons. The number of carbonyl (C=O) groups is 1. The number of nitrogens with one attached hydrogen (secondary N) is 1. The fraction of sp³-hybridized carbons (Fsp3) is 0.462. The first-order valence-corrected chi connectivity index (χ1v) is 8.55. The molecule has 1 aromatic rings. The van der Waals surface area contributed by atoms with Crippen LogP contribution in [0.3, 0.4) is 0 Å². The van der Waals surface area contributed by atoms with Gasteiger partial charge in [-0.15, -0.1) is 0 Å². The lowest BCUT2D eigenvalue weighted by atomic mass is 10.2. The molecule has 1 aliphatic heterocycles. The van der Waals surface area contributed by atoms with Crippen molar-refractivity contribution >= 4 is 33.2 Å². The molecule has 110 valence electrons. The summed E-state index contributed by atoms with van der Waals surface area (Å²) >= 11 is 6.00. The topological polar surface area (TPSA) is 66.5 Å². The van der Waals surface area contributed by atoms with Crippen molar-refractivity contribution in [2.45, 2.75) is 25.8 Å². The predicted octanol–water partition coefficient (Wildman–Crippen LogP) is 2.01. The maximum Gasteiger partial charge on any atom is 0.242 e. The largest absolute Gasteiger partial charge is 0.325 e. The number of rotatable bonds is 3. The zero-order chi connectivity index (χ0) is 14.9. The Morgan fingerprint density at radius 2 is 2.15 bits per heavy atom. The van der Waals surface area contributed by atoms with Crippen molar-refractivity contribution in [2.75, 3.05) is 18.1 Å². The lowest BCUT2D eigenvalue weighted by molar-refractivity contribution is -0.119. The van der Waals surface area contributed by atoms with Crippen molar-refractivity contribution in [1.29, 1.82) is 0 Å². The number of amides is 1. The Labute approximate surface area is 124 Å². The Bertz CT molecular complexity index is 631. The van der Waals surface area contributed by atoms with E-state index >= 15 is 0 Å². The zero-order valence-electron chi connectivity index (χ0n) is 11.4. The van der Waals surface area contributed by atoms with Gasteiger partial charge >= 0.3 is 0 Å². The van der Waals surface area contributed by atoms with Gasteiger partial charge in [-0.3, -0.25) is 4.79 Å². The number of hydrogen-bond acceptors (Lipinski definition) is 3. The van der Waals surface area contributed by atoms with Gasteiger partial charge in [0.05, 0.1) is 6.26 Å². The third-order valence-electron chi connectivity index (χ3n) is 3.37. The number of halogens is 1. The fourth-order valence-corrected chi connectivity index (χ4v) is 3.60. The van der Waals surface area contributed by atoms with Gasteiger partial charge in [-0.1, -0.05) is 17.7 Å². The van der Waals surface area contributed by atoms with Gasteiger partial charge in [0, 0.05) is 17.3 Å². The summed E-state index contributed by atoms with van der Waals surface area (Å²) < 4.78 is 24.5. The molecule has 5 nitrogen and oxygen atoms in total. The second kappa shape index (κ2) is 5.71. The van der Waals surface area contributed by atoms with Gasteiger partial charge in [0.2, 0.25) is 15.9 Å². The van der Waals surface area contributed by atoms with Crippen molar-refractivity contribution < 1.29 is 13.2 Å². The van der Waals surface area contributed by atoms with Crippen LogP contribution in [0.5, 0.6) is 0 Å².